The van der Waals surface area contributed by atoms with Crippen molar-refractivity contribution in [3.8, 4) is 0 Å². The molecule has 0 radical (unpaired) electrons. The van der Waals surface area contributed by atoms with Gasteiger partial charge >= 0.3 is 5.97 Å². The number of hydrogen-bond acceptors (Lipinski definition) is 3. The minimum atomic E-state index is -3.57. The standard InChI is InChI=1S/C10H11ClINO4S/c11-8-4-3-7(12)6-9(8)13-18(16,17)5-1-2-10(14)15/h3-4,6,13H,1-2,5H2,(H,14,15). The molecule has 1 rings (SSSR count). The molecule has 0 aliphatic rings. The minimum absolute atomic E-state index is 0.0617. The van der Waals surface area contributed by atoms with Crippen LogP contribution in [0.2, 0.25) is 5.02 Å². The number of carboxylic acid groups (broad SMARTS) is 1. The van der Waals surface area contributed by atoms with Crippen LogP contribution in [0.15, 0.2) is 18.2 Å². The molecule has 0 unspecified atom stereocenters. The molecule has 1 aromatic rings. The van der Waals surface area contributed by atoms with Crippen LogP contribution in [-0.2, 0) is 14.8 Å². The molecule has 100 valence electrons. The first-order valence-electron chi connectivity index (χ1n) is 4.97. The number of nitrogens with one attached hydrogen (secondary N) is 1. The van der Waals surface area contributed by atoms with E-state index in [4.69, 9.17) is 16.7 Å². The number of aliphatic carboxylic acids is 1. The second-order valence-corrected chi connectivity index (χ2v) is 7.04. The smallest absolute Gasteiger partial charge is 0.303 e. The molecule has 1 aromatic carbocycles. The Balaban J connectivity index is 2.70. The van der Waals surface area contributed by atoms with E-state index >= 15 is 0 Å². The second kappa shape index (κ2) is 6.58. The van der Waals surface area contributed by atoms with Gasteiger partial charge in [-0.3, -0.25) is 9.52 Å². The van der Waals surface area contributed by atoms with Crippen LogP contribution in [0.25, 0.3) is 0 Å². The van der Waals surface area contributed by atoms with Gasteiger partial charge in [0, 0.05) is 9.99 Å². The van der Waals surface area contributed by atoms with Gasteiger partial charge in [-0.1, -0.05) is 11.6 Å². The zero-order chi connectivity index (χ0) is 13.8. The SMILES string of the molecule is O=C(O)CCCS(=O)(=O)Nc1cc(I)ccc1Cl. The van der Waals surface area contributed by atoms with Crippen molar-refractivity contribution in [2.24, 2.45) is 0 Å². The summed E-state index contributed by atoms with van der Waals surface area (Å²) in [5.74, 6) is -1.27. The highest BCUT2D eigenvalue weighted by atomic mass is 127. The Morgan fingerprint density at radius 2 is 2.11 bits per heavy atom. The van der Waals surface area contributed by atoms with Crippen molar-refractivity contribution >= 4 is 55.9 Å². The van der Waals surface area contributed by atoms with Crippen LogP contribution >= 0.6 is 34.2 Å². The van der Waals surface area contributed by atoms with E-state index in [-0.39, 0.29) is 18.6 Å². The van der Waals surface area contributed by atoms with Gasteiger partial charge in [0.1, 0.15) is 0 Å². The van der Waals surface area contributed by atoms with E-state index in [2.05, 4.69) is 4.72 Å². The van der Waals surface area contributed by atoms with Gasteiger partial charge in [-0.15, -0.1) is 0 Å². The van der Waals surface area contributed by atoms with Crippen molar-refractivity contribution in [3.63, 3.8) is 0 Å². The molecule has 0 spiro atoms. The molecule has 0 aliphatic carbocycles. The summed E-state index contributed by atoms with van der Waals surface area (Å²) in [6.07, 6.45) is -0.118. The Morgan fingerprint density at radius 3 is 2.72 bits per heavy atom. The van der Waals surface area contributed by atoms with Gasteiger partial charge in [0.2, 0.25) is 10.0 Å². The first-order chi connectivity index (χ1) is 8.30. The van der Waals surface area contributed by atoms with E-state index in [1.165, 1.54) is 0 Å². The highest BCUT2D eigenvalue weighted by Crippen LogP contribution is 2.24. The monoisotopic (exact) mass is 403 g/mol. The molecule has 0 amide bonds. The summed E-state index contributed by atoms with van der Waals surface area (Å²) in [4.78, 5) is 10.3. The van der Waals surface area contributed by atoms with Gasteiger partial charge in [-0.25, -0.2) is 8.42 Å². The quantitative estimate of drug-likeness (QED) is 0.715. The fourth-order valence-corrected chi connectivity index (χ4v) is 3.05. The third-order valence-electron chi connectivity index (χ3n) is 2.00. The lowest BCUT2D eigenvalue weighted by Crippen LogP contribution is -2.17. The molecule has 0 bridgehead atoms. The van der Waals surface area contributed by atoms with E-state index in [0.717, 1.165) is 3.57 Å². The van der Waals surface area contributed by atoms with Crippen molar-refractivity contribution in [2.75, 3.05) is 10.5 Å². The zero-order valence-corrected chi connectivity index (χ0v) is 12.9. The van der Waals surface area contributed by atoms with Gasteiger partial charge < -0.3 is 5.11 Å². The Labute approximate surface area is 124 Å². The third-order valence-corrected chi connectivity index (χ3v) is 4.36. The predicted molar refractivity (Wildman–Crippen MR) is 78.4 cm³/mol. The van der Waals surface area contributed by atoms with Crippen LogP contribution in [0.1, 0.15) is 12.8 Å². The number of hydrogen-bond donors (Lipinski definition) is 2. The average molecular weight is 404 g/mol. The summed E-state index contributed by atoms with van der Waals surface area (Å²) in [5.41, 5.74) is 0.305. The van der Waals surface area contributed by atoms with Crippen molar-refractivity contribution in [2.45, 2.75) is 12.8 Å². The Bertz CT molecular complexity index is 547. The van der Waals surface area contributed by atoms with Crippen LogP contribution in [0.5, 0.6) is 0 Å². The zero-order valence-electron chi connectivity index (χ0n) is 9.19. The normalized spacial score (nSPS) is 11.2. The van der Waals surface area contributed by atoms with Crippen LogP contribution < -0.4 is 4.72 Å². The molecular weight excluding hydrogens is 393 g/mol. The van der Waals surface area contributed by atoms with E-state index in [1.807, 2.05) is 22.6 Å². The van der Waals surface area contributed by atoms with Gasteiger partial charge in [-0.2, -0.15) is 0 Å². The number of halogens is 2. The number of carbonyl (C=O) groups is 1. The molecule has 18 heavy (non-hydrogen) atoms. The summed E-state index contributed by atoms with van der Waals surface area (Å²) in [6, 6.07) is 4.96. The molecule has 0 fully saturated rings. The highest BCUT2D eigenvalue weighted by Gasteiger charge is 2.13. The van der Waals surface area contributed by atoms with Crippen LogP contribution in [0.3, 0.4) is 0 Å². The lowest BCUT2D eigenvalue weighted by molar-refractivity contribution is -0.137. The third kappa shape index (κ3) is 5.40. The van der Waals surface area contributed by atoms with Crippen LogP contribution in [0.4, 0.5) is 5.69 Å². The fourth-order valence-electron chi connectivity index (χ4n) is 1.21. The van der Waals surface area contributed by atoms with Crippen molar-refractivity contribution < 1.29 is 18.3 Å². The Morgan fingerprint density at radius 1 is 1.44 bits per heavy atom. The van der Waals surface area contributed by atoms with E-state index in [9.17, 15) is 13.2 Å². The van der Waals surface area contributed by atoms with Crippen LogP contribution in [-0.4, -0.2) is 25.2 Å². The van der Waals surface area contributed by atoms with Gasteiger partial charge in [-0.05, 0) is 47.2 Å². The number of rotatable bonds is 6. The van der Waals surface area contributed by atoms with E-state index < -0.39 is 16.0 Å². The van der Waals surface area contributed by atoms with E-state index in [1.54, 1.807) is 18.2 Å². The minimum Gasteiger partial charge on any atom is -0.481 e. The second-order valence-electron chi connectivity index (χ2n) is 3.54. The maximum Gasteiger partial charge on any atom is 0.303 e. The van der Waals surface area contributed by atoms with Crippen molar-refractivity contribution in [1.82, 2.24) is 0 Å². The molecule has 5 nitrogen and oxygen atoms in total. The van der Waals surface area contributed by atoms with Gasteiger partial charge in [0.25, 0.3) is 0 Å². The topological polar surface area (TPSA) is 83.5 Å². The molecule has 0 aromatic heterocycles. The maximum absolute atomic E-state index is 11.7. The first-order valence-corrected chi connectivity index (χ1v) is 8.08. The molecule has 0 saturated carbocycles. The summed E-state index contributed by atoms with van der Waals surface area (Å²) >= 11 is 7.90. The highest BCUT2D eigenvalue weighted by molar-refractivity contribution is 14.1. The summed E-state index contributed by atoms with van der Waals surface area (Å²) in [5, 5.41) is 8.75. The fraction of sp³-hybridized carbons (Fsp3) is 0.300. The van der Waals surface area contributed by atoms with Gasteiger partial charge in [0.05, 0.1) is 16.5 Å². The predicted octanol–water partition coefficient (Wildman–Crippen LogP) is 2.55. The van der Waals surface area contributed by atoms with Gasteiger partial charge in [0.15, 0.2) is 0 Å². The summed E-state index contributed by atoms with van der Waals surface area (Å²) in [6.45, 7) is 0. The van der Waals surface area contributed by atoms with Crippen molar-refractivity contribution in [3.05, 3.63) is 26.8 Å². The summed E-state index contributed by atoms with van der Waals surface area (Å²) < 4.78 is 26.6. The molecular formula is C10H11ClINO4S. The maximum atomic E-state index is 11.7. The Kier molecular flexibility index (Phi) is 5.67. The van der Waals surface area contributed by atoms with E-state index in [0.29, 0.717) is 10.7 Å². The Hall–Kier alpha value is -0.540. The molecule has 2 N–H and O–H groups in total. The molecule has 0 saturated heterocycles. The number of benzene rings is 1. The molecule has 0 aliphatic heterocycles. The molecule has 8 heteroatoms. The van der Waals surface area contributed by atoms with Crippen molar-refractivity contribution in [1.29, 1.82) is 0 Å². The average Bonchev–Trinajstić information content (AvgIpc) is 2.22. The first kappa shape index (κ1) is 15.5. The molecule has 0 heterocycles. The van der Waals surface area contributed by atoms with Crippen LogP contribution in [0, 0.1) is 3.57 Å². The number of sulfonamides is 1. The number of carboxylic acids is 1. The lowest BCUT2D eigenvalue weighted by Gasteiger charge is -2.09. The number of anilines is 1. The summed E-state index contributed by atoms with van der Waals surface area (Å²) in [7, 11) is -3.57. The largest absolute Gasteiger partial charge is 0.481 e. The lowest BCUT2D eigenvalue weighted by atomic mass is 10.3. The molecule has 0 atom stereocenters.